The number of benzene rings is 1. The number of rotatable bonds is 5. The minimum absolute atomic E-state index is 0.0597. The molecule has 0 unspecified atom stereocenters. The topological polar surface area (TPSA) is 115 Å². The average Bonchev–Trinajstić information content (AvgIpc) is 2.45. The summed E-state index contributed by atoms with van der Waals surface area (Å²) in [5.74, 6) is 0.605. The quantitative estimate of drug-likeness (QED) is 0.579. The zero-order valence-corrected chi connectivity index (χ0v) is 11.9. The molecule has 7 nitrogen and oxygen atoms in total. The normalized spacial score (nSPS) is 10.7. The molecule has 0 aliphatic carbocycles. The molecule has 0 spiro atoms. The van der Waals surface area contributed by atoms with Gasteiger partial charge in [0.05, 0.1) is 5.69 Å². The third-order valence-corrected chi connectivity index (χ3v) is 2.69. The molecule has 5 N–H and O–H groups in total. The molecule has 2 rings (SSSR count). The maximum atomic E-state index is 5.81. The smallest absolute Gasteiger partial charge is 0.224 e. The Bertz CT molecular complexity index is 667. The summed E-state index contributed by atoms with van der Waals surface area (Å²) in [5.41, 5.74) is 12.3. The van der Waals surface area contributed by atoms with E-state index in [-0.39, 0.29) is 11.8 Å². The highest BCUT2D eigenvalue weighted by Crippen LogP contribution is 2.31. The van der Waals surface area contributed by atoms with E-state index >= 15 is 0 Å². The second-order valence-electron chi connectivity index (χ2n) is 4.01. The molecule has 108 valence electrons. The zero-order valence-electron chi connectivity index (χ0n) is 11.1. The first-order valence-electron chi connectivity index (χ1n) is 6.05. The Morgan fingerprint density at radius 1 is 1.19 bits per heavy atom. The molecule has 1 aromatic carbocycles. The second kappa shape index (κ2) is 6.67. The molecule has 0 saturated carbocycles. The van der Waals surface area contributed by atoms with Crippen molar-refractivity contribution in [3.8, 4) is 0 Å². The number of aromatic nitrogens is 2. The van der Waals surface area contributed by atoms with Gasteiger partial charge in [-0.05, 0) is 24.3 Å². The standard InChI is InChI=1S/C13H14ClN7/c1-2-7-17-12-10(11(15)18-13(16)19-12)21-20-9-5-3-8(14)4-6-9/h2-6H,1,7H2,(H5,15,16,17,18,19). The van der Waals surface area contributed by atoms with Crippen LogP contribution >= 0.6 is 11.6 Å². The monoisotopic (exact) mass is 303 g/mol. The van der Waals surface area contributed by atoms with Gasteiger partial charge in [-0.15, -0.1) is 11.7 Å². The zero-order chi connectivity index (χ0) is 15.2. The lowest BCUT2D eigenvalue weighted by Gasteiger charge is -2.08. The molecule has 8 heteroatoms. The van der Waals surface area contributed by atoms with Crippen molar-refractivity contribution < 1.29 is 0 Å². The summed E-state index contributed by atoms with van der Waals surface area (Å²) in [5, 5.41) is 11.8. The van der Waals surface area contributed by atoms with E-state index in [2.05, 4.69) is 32.1 Å². The molecule has 1 aromatic heterocycles. The highest BCUT2D eigenvalue weighted by Gasteiger charge is 2.10. The number of anilines is 3. The molecule has 0 saturated heterocycles. The fourth-order valence-electron chi connectivity index (χ4n) is 1.50. The molecule has 0 aliphatic heterocycles. The number of hydrogen-bond donors (Lipinski definition) is 3. The van der Waals surface area contributed by atoms with Crippen molar-refractivity contribution in [3.05, 3.63) is 41.9 Å². The molecule has 0 radical (unpaired) electrons. The van der Waals surface area contributed by atoms with Crippen molar-refractivity contribution in [1.82, 2.24) is 9.97 Å². The van der Waals surface area contributed by atoms with Crippen LogP contribution in [0.3, 0.4) is 0 Å². The Morgan fingerprint density at radius 2 is 1.90 bits per heavy atom. The van der Waals surface area contributed by atoms with E-state index in [0.717, 1.165) is 0 Å². The lowest BCUT2D eigenvalue weighted by Crippen LogP contribution is -2.06. The van der Waals surface area contributed by atoms with Crippen LogP contribution in [-0.2, 0) is 0 Å². The lowest BCUT2D eigenvalue weighted by atomic mass is 10.3. The third-order valence-electron chi connectivity index (χ3n) is 2.43. The third kappa shape index (κ3) is 3.90. The van der Waals surface area contributed by atoms with Gasteiger partial charge in [0, 0.05) is 11.6 Å². The Morgan fingerprint density at radius 3 is 2.57 bits per heavy atom. The summed E-state index contributed by atoms with van der Waals surface area (Å²) in [6.07, 6.45) is 1.68. The van der Waals surface area contributed by atoms with E-state index in [1.165, 1.54) is 0 Å². The van der Waals surface area contributed by atoms with Crippen LogP contribution in [0.1, 0.15) is 0 Å². The van der Waals surface area contributed by atoms with E-state index in [9.17, 15) is 0 Å². The van der Waals surface area contributed by atoms with Crippen LogP contribution < -0.4 is 16.8 Å². The molecule has 0 aliphatic rings. The van der Waals surface area contributed by atoms with Gasteiger partial charge >= 0.3 is 0 Å². The van der Waals surface area contributed by atoms with Crippen molar-refractivity contribution in [2.75, 3.05) is 23.3 Å². The average molecular weight is 304 g/mol. The Labute approximate surface area is 126 Å². The number of azo groups is 1. The van der Waals surface area contributed by atoms with Crippen LogP contribution in [0.2, 0.25) is 5.02 Å². The van der Waals surface area contributed by atoms with Gasteiger partial charge in [-0.3, -0.25) is 0 Å². The van der Waals surface area contributed by atoms with Crippen LogP contribution in [-0.4, -0.2) is 16.5 Å². The number of hydrogen-bond acceptors (Lipinski definition) is 7. The summed E-state index contributed by atoms with van der Waals surface area (Å²) in [6, 6.07) is 6.90. The maximum absolute atomic E-state index is 5.81. The highest BCUT2D eigenvalue weighted by atomic mass is 35.5. The Hall–Kier alpha value is -2.67. The fourth-order valence-corrected chi connectivity index (χ4v) is 1.62. The predicted molar refractivity (Wildman–Crippen MR) is 85.2 cm³/mol. The van der Waals surface area contributed by atoms with Gasteiger partial charge in [0.2, 0.25) is 5.95 Å². The number of halogens is 1. The number of nitrogens with two attached hydrogens (primary N) is 2. The van der Waals surface area contributed by atoms with Crippen molar-refractivity contribution >= 4 is 40.6 Å². The molecule has 1 heterocycles. The first-order chi connectivity index (χ1) is 10.1. The van der Waals surface area contributed by atoms with Crippen molar-refractivity contribution in [1.29, 1.82) is 0 Å². The number of nitrogens with one attached hydrogen (secondary N) is 1. The van der Waals surface area contributed by atoms with E-state index < -0.39 is 0 Å². The predicted octanol–water partition coefficient (Wildman–Crippen LogP) is 3.31. The largest absolute Gasteiger partial charge is 0.382 e. The lowest BCUT2D eigenvalue weighted by molar-refractivity contribution is 1.12. The van der Waals surface area contributed by atoms with Crippen molar-refractivity contribution in [2.45, 2.75) is 0 Å². The first-order valence-corrected chi connectivity index (χ1v) is 6.43. The van der Waals surface area contributed by atoms with Gasteiger partial charge in [0.1, 0.15) is 0 Å². The van der Waals surface area contributed by atoms with Gasteiger partial charge in [-0.2, -0.15) is 15.1 Å². The summed E-state index contributed by atoms with van der Waals surface area (Å²) in [4.78, 5) is 7.92. The van der Waals surface area contributed by atoms with Crippen LogP contribution in [0.25, 0.3) is 0 Å². The molecular formula is C13H14ClN7. The Kier molecular flexibility index (Phi) is 4.68. The SMILES string of the molecule is C=CCNc1nc(N)nc(N)c1N=Nc1ccc(Cl)cc1. The molecular weight excluding hydrogens is 290 g/mol. The van der Waals surface area contributed by atoms with Crippen LogP contribution in [0.5, 0.6) is 0 Å². The summed E-state index contributed by atoms with van der Waals surface area (Å²) in [6.45, 7) is 4.10. The number of nitrogens with zero attached hydrogens (tertiary/aromatic N) is 4. The second-order valence-corrected chi connectivity index (χ2v) is 4.45. The molecule has 0 fully saturated rings. The number of nitrogen functional groups attached to an aromatic ring is 2. The van der Waals surface area contributed by atoms with E-state index in [1.54, 1.807) is 30.3 Å². The summed E-state index contributed by atoms with van der Waals surface area (Å²) < 4.78 is 0. The molecule has 0 bridgehead atoms. The van der Waals surface area contributed by atoms with Gasteiger partial charge in [-0.25, -0.2) is 0 Å². The van der Waals surface area contributed by atoms with Crippen molar-refractivity contribution in [3.63, 3.8) is 0 Å². The minimum atomic E-state index is 0.0597. The van der Waals surface area contributed by atoms with Gasteiger partial charge < -0.3 is 16.8 Å². The van der Waals surface area contributed by atoms with Gasteiger partial charge in [0.15, 0.2) is 17.3 Å². The van der Waals surface area contributed by atoms with Crippen molar-refractivity contribution in [2.24, 2.45) is 10.2 Å². The van der Waals surface area contributed by atoms with Gasteiger partial charge in [0.25, 0.3) is 0 Å². The van der Waals surface area contributed by atoms with E-state index in [4.69, 9.17) is 23.1 Å². The van der Waals surface area contributed by atoms with E-state index in [0.29, 0.717) is 28.8 Å². The fraction of sp³-hybridized carbons (Fsp3) is 0.0769. The van der Waals surface area contributed by atoms with Crippen LogP contribution in [0.15, 0.2) is 47.1 Å². The minimum Gasteiger partial charge on any atom is -0.382 e. The summed E-state index contributed by atoms with van der Waals surface area (Å²) in [7, 11) is 0. The molecule has 0 atom stereocenters. The van der Waals surface area contributed by atoms with E-state index in [1.807, 2.05) is 0 Å². The molecule has 21 heavy (non-hydrogen) atoms. The molecule has 0 amide bonds. The van der Waals surface area contributed by atoms with Gasteiger partial charge in [-0.1, -0.05) is 17.7 Å². The Balaban J connectivity index is 2.33. The highest BCUT2D eigenvalue weighted by molar-refractivity contribution is 6.30. The first kappa shape index (κ1) is 14.7. The van der Waals surface area contributed by atoms with Crippen LogP contribution in [0, 0.1) is 0 Å². The molecule has 2 aromatic rings. The van der Waals surface area contributed by atoms with Crippen LogP contribution in [0.4, 0.5) is 29.0 Å². The summed E-state index contributed by atoms with van der Waals surface area (Å²) >= 11 is 5.81. The maximum Gasteiger partial charge on any atom is 0.224 e.